The number of amides is 1. The van der Waals surface area contributed by atoms with Gasteiger partial charge in [0, 0.05) is 31.8 Å². The van der Waals surface area contributed by atoms with Crippen molar-refractivity contribution in [3.8, 4) is 0 Å². The Hall–Kier alpha value is -1.26. The van der Waals surface area contributed by atoms with Gasteiger partial charge in [0.05, 0.1) is 10.7 Å². The van der Waals surface area contributed by atoms with E-state index >= 15 is 0 Å². The Kier molecular flexibility index (Phi) is 6.01. The Morgan fingerprint density at radius 2 is 1.83 bits per heavy atom. The summed E-state index contributed by atoms with van der Waals surface area (Å²) in [5.74, 6) is 0.930. The van der Waals surface area contributed by atoms with Gasteiger partial charge in [-0.05, 0) is 68.6 Å². The summed E-state index contributed by atoms with van der Waals surface area (Å²) in [6.07, 6.45) is 6.70. The minimum atomic E-state index is -0.0471. The average Bonchev–Trinajstić information content (AvgIpc) is 3.14. The molecule has 2 N–H and O–H groups in total. The lowest BCUT2D eigenvalue weighted by molar-refractivity contribution is 0.0937. The molecule has 0 aromatic heterocycles. The molecular weight excluding hydrogens is 324 g/mol. The van der Waals surface area contributed by atoms with Gasteiger partial charge < -0.3 is 15.3 Å². The zero-order chi connectivity index (χ0) is 16.9. The first-order chi connectivity index (χ1) is 11.7. The maximum Gasteiger partial charge on any atom is 0.251 e. The van der Waals surface area contributed by atoms with Crippen LogP contribution in [-0.4, -0.2) is 37.3 Å². The molecule has 2 aliphatic rings. The molecule has 0 bridgehead atoms. The van der Waals surface area contributed by atoms with Gasteiger partial charge in [0.2, 0.25) is 0 Å². The van der Waals surface area contributed by atoms with E-state index in [-0.39, 0.29) is 5.91 Å². The number of hydrogen-bond acceptors (Lipinski definition) is 3. The van der Waals surface area contributed by atoms with E-state index in [1.54, 1.807) is 6.07 Å². The third kappa shape index (κ3) is 4.22. The molecule has 132 valence electrons. The summed E-state index contributed by atoms with van der Waals surface area (Å²) in [7, 11) is 0. The molecule has 1 aromatic rings. The fourth-order valence-electron chi connectivity index (χ4n) is 3.82. The van der Waals surface area contributed by atoms with Crippen LogP contribution in [-0.2, 0) is 0 Å². The Morgan fingerprint density at radius 1 is 1.17 bits per heavy atom. The summed E-state index contributed by atoms with van der Waals surface area (Å²) in [4.78, 5) is 14.7. The van der Waals surface area contributed by atoms with E-state index in [1.165, 1.54) is 12.8 Å². The minimum absolute atomic E-state index is 0.0471. The Bertz CT molecular complexity index is 564. The van der Waals surface area contributed by atoms with Crippen molar-refractivity contribution in [2.75, 3.05) is 31.1 Å². The van der Waals surface area contributed by atoms with Crippen molar-refractivity contribution in [2.45, 2.75) is 38.5 Å². The van der Waals surface area contributed by atoms with Crippen molar-refractivity contribution in [3.05, 3.63) is 28.8 Å². The van der Waals surface area contributed by atoms with Crippen LogP contribution < -0.4 is 10.2 Å². The van der Waals surface area contributed by atoms with E-state index in [4.69, 9.17) is 11.6 Å². The molecule has 1 aromatic carbocycles. The summed E-state index contributed by atoms with van der Waals surface area (Å²) in [6.45, 7) is 3.09. The lowest BCUT2D eigenvalue weighted by Gasteiger charge is -2.27. The fraction of sp³-hybridized carbons (Fsp3) is 0.632. The summed E-state index contributed by atoms with van der Waals surface area (Å²) in [6, 6.07) is 5.62. The van der Waals surface area contributed by atoms with Crippen LogP contribution in [0.3, 0.4) is 0 Å². The molecule has 0 radical (unpaired) electrons. The fourth-order valence-corrected chi connectivity index (χ4v) is 4.12. The molecule has 1 saturated carbocycles. The first-order valence-corrected chi connectivity index (χ1v) is 9.48. The molecule has 1 saturated heterocycles. The predicted octanol–water partition coefficient (Wildman–Crippen LogP) is 3.47. The number of anilines is 1. The van der Waals surface area contributed by atoms with Gasteiger partial charge in [0.1, 0.15) is 0 Å². The summed E-state index contributed by atoms with van der Waals surface area (Å²) >= 11 is 6.39. The van der Waals surface area contributed by atoms with Crippen LogP contribution in [0.2, 0.25) is 5.02 Å². The van der Waals surface area contributed by atoms with E-state index in [9.17, 15) is 9.90 Å². The highest BCUT2D eigenvalue weighted by Gasteiger charge is 2.21. The van der Waals surface area contributed by atoms with E-state index in [0.717, 1.165) is 44.5 Å². The lowest BCUT2D eigenvalue weighted by Crippen LogP contribution is -2.31. The van der Waals surface area contributed by atoms with Crippen molar-refractivity contribution >= 4 is 23.2 Å². The Morgan fingerprint density at radius 3 is 2.46 bits per heavy atom. The molecule has 3 rings (SSSR count). The van der Waals surface area contributed by atoms with Crippen molar-refractivity contribution in [1.29, 1.82) is 0 Å². The molecule has 0 spiro atoms. The zero-order valence-corrected chi connectivity index (χ0v) is 14.9. The number of carbonyl (C=O) groups is 1. The largest absolute Gasteiger partial charge is 0.396 e. The maximum absolute atomic E-state index is 12.4. The number of benzene rings is 1. The highest BCUT2D eigenvalue weighted by molar-refractivity contribution is 6.33. The number of rotatable bonds is 5. The monoisotopic (exact) mass is 350 g/mol. The molecule has 0 unspecified atom stereocenters. The van der Waals surface area contributed by atoms with Crippen LogP contribution in [0.4, 0.5) is 5.69 Å². The van der Waals surface area contributed by atoms with E-state index < -0.39 is 0 Å². The summed E-state index contributed by atoms with van der Waals surface area (Å²) in [5, 5.41) is 12.9. The number of nitrogens with one attached hydrogen (secondary N) is 1. The average molecular weight is 351 g/mol. The quantitative estimate of drug-likeness (QED) is 0.855. The van der Waals surface area contributed by atoms with Gasteiger partial charge in [0.15, 0.2) is 0 Å². The summed E-state index contributed by atoms with van der Waals surface area (Å²) < 4.78 is 0. The number of nitrogens with zero attached hydrogens (tertiary/aromatic N) is 1. The molecule has 2 fully saturated rings. The number of hydrogen-bond donors (Lipinski definition) is 2. The van der Waals surface area contributed by atoms with Crippen molar-refractivity contribution < 1.29 is 9.90 Å². The van der Waals surface area contributed by atoms with Gasteiger partial charge in [0.25, 0.3) is 5.91 Å². The third-order valence-corrected chi connectivity index (χ3v) is 5.74. The second-order valence-electron chi connectivity index (χ2n) is 7.14. The Labute approximate surface area is 149 Å². The SMILES string of the molecule is O=C(NC[C@H]1CC[C@H](CO)CC1)c1ccc(N2CCCC2)c(Cl)c1. The first-order valence-electron chi connectivity index (χ1n) is 9.11. The standard InChI is InChI=1S/C19H27ClN2O2/c20-17-11-16(7-8-18(17)22-9-1-2-10-22)19(24)21-12-14-3-5-15(13-23)6-4-14/h7-8,11,14-15,23H,1-6,9-10,12-13H2,(H,21,24)/t14-,15-. The van der Waals surface area contributed by atoms with E-state index in [1.807, 2.05) is 12.1 Å². The molecule has 1 aliphatic carbocycles. The number of carbonyl (C=O) groups excluding carboxylic acids is 1. The molecule has 4 nitrogen and oxygen atoms in total. The van der Waals surface area contributed by atoms with Crippen LogP contribution in [0, 0.1) is 11.8 Å². The smallest absolute Gasteiger partial charge is 0.251 e. The lowest BCUT2D eigenvalue weighted by atomic mass is 9.82. The normalized spacial score (nSPS) is 24.2. The molecule has 0 atom stereocenters. The van der Waals surface area contributed by atoms with E-state index in [0.29, 0.717) is 35.6 Å². The van der Waals surface area contributed by atoms with Gasteiger partial charge in [-0.25, -0.2) is 0 Å². The highest BCUT2D eigenvalue weighted by Crippen LogP contribution is 2.30. The van der Waals surface area contributed by atoms with Crippen LogP contribution in [0.1, 0.15) is 48.9 Å². The van der Waals surface area contributed by atoms with Gasteiger partial charge in [-0.3, -0.25) is 4.79 Å². The Balaban J connectivity index is 1.52. The zero-order valence-electron chi connectivity index (χ0n) is 14.1. The second kappa shape index (κ2) is 8.21. The first kappa shape index (κ1) is 17.6. The minimum Gasteiger partial charge on any atom is -0.396 e. The number of halogens is 1. The van der Waals surface area contributed by atoms with Crippen molar-refractivity contribution in [1.82, 2.24) is 5.32 Å². The third-order valence-electron chi connectivity index (χ3n) is 5.43. The van der Waals surface area contributed by atoms with Crippen LogP contribution in [0.5, 0.6) is 0 Å². The van der Waals surface area contributed by atoms with Gasteiger partial charge >= 0.3 is 0 Å². The second-order valence-corrected chi connectivity index (χ2v) is 7.55. The predicted molar refractivity (Wildman–Crippen MR) is 97.8 cm³/mol. The van der Waals surface area contributed by atoms with Gasteiger partial charge in [-0.2, -0.15) is 0 Å². The summed E-state index contributed by atoms with van der Waals surface area (Å²) in [5.41, 5.74) is 1.67. The van der Waals surface area contributed by atoms with Crippen molar-refractivity contribution in [2.24, 2.45) is 11.8 Å². The molecule has 1 aliphatic heterocycles. The van der Waals surface area contributed by atoms with Crippen LogP contribution in [0.25, 0.3) is 0 Å². The molecule has 1 amide bonds. The number of aliphatic hydroxyl groups excluding tert-OH is 1. The molecule has 5 heteroatoms. The molecule has 1 heterocycles. The van der Waals surface area contributed by atoms with Crippen LogP contribution in [0.15, 0.2) is 18.2 Å². The van der Waals surface area contributed by atoms with Crippen molar-refractivity contribution in [3.63, 3.8) is 0 Å². The molecular formula is C19H27ClN2O2. The van der Waals surface area contributed by atoms with Crippen LogP contribution >= 0.6 is 11.6 Å². The topological polar surface area (TPSA) is 52.6 Å². The highest BCUT2D eigenvalue weighted by atomic mass is 35.5. The number of aliphatic hydroxyl groups is 1. The maximum atomic E-state index is 12.4. The van der Waals surface area contributed by atoms with E-state index in [2.05, 4.69) is 10.2 Å². The molecule has 24 heavy (non-hydrogen) atoms. The van der Waals surface area contributed by atoms with Gasteiger partial charge in [-0.1, -0.05) is 11.6 Å². The van der Waals surface area contributed by atoms with Gasteiger partial charge in [-0.15, -0.1) is 0 Å².